The summed E-state index contributed by atoms with van der Waals surface area (Å²) in [6.45, 7) is 4.42. The summed E-state index contributed by atoms with van der Waals surface area (Å²) in [5.41, 5.74) is 0. The fourth-order valence-electron chi connectivity index (χ4n) is 2.36. The van der Waals surface area contributed by atoms with Crippen molar-refractivity contribution < 1.29 is 10.2 Å². The highest BCUT2D eigenvalue weighted by molar-refractivity contribution is 4.93. The van der Waals surface area contributed by atoms with Crippen molar-refractivity contribution in [1.82, 2.24) is 0 Å². The van der Waals surface area contributed by atoms with Gasteiger partial charge >= 0.3 is 0 Å². The Hall–Kier alpha value is -0.340. The van der Waals surface area contributed by atoms with Crippen LogP contribution in [0.1, 0.15) is 90.9 Å². The first-order chi connectivity index (χ1) is 9.70. The summed E-state index contributed by atoms with van der Waals surface area (Å²) in [7, 11) is 0. The molecule has 0 radical (unpaired) electrons. The molecule has 0 aromatic carbocycles. The zero-order valence-corrected chi connectivity index (χ0v) is 13.7. The van der Waals surface area contributed by atoms with E-state index >= 15 is 0 Å². The molecule has 0 aliphatic heterocycles. The SMILES string of the molecule is CCCCCCCC(O)/C=C/C(O)CCCCCCC. The Morgan fingerprint density at radius 2 is 0.950 bits per heavy atom. The molecule has 120 valence electrons. The van der Waals surface area contributed by atoms with E-state index in [1.165, 1.54) is 51.4 Å². The summed E-state index contributed by atoms with van der Waals surface area (Å²) >= 11 is 0. The molecule has 0 bridgehead atoms. The van der Waals surface area contributed by atoms with Gasteiger partial charge in [-0.1, -0.05) is 90.2 Å². The summed E-state index contributed by atoms with van der Waals surface area (Å²) < 4.78 is 0. The van der Waals surface area contributed by atoms with Crippen molar-refractivity contribution in [3.05, 3.63) is 12.2 Å². The van der Waals surface area contributed by atoms with Gasteiger partial charge in [0.1, 0.15) is 0 Å². The van der Waals surface area contributed by atoms with Crippen LogP contribution in [0.3, 0.4) is 0 Å². The Morgan fingerprint density at radius 1 is 0.600 bits per heavy atom. The number of unbranched alkanes of at least 4 members (excludes halogenated alkanes) is 8. The smallest absolute Gasteiger partial charge is 0.0721 e. The Labute approximate surface area is 126 Å². The van der Waals surface area contributed by atoms with Crippen molar-refractivity contribution >= 4 is 0 Å². The fourth-order valence-corrected chi connectivity index (χ4v) is 2.36. The molecule has 0 aliphatic rings. The minimum atomic E-state index is -0.383. The lowest BCUT2D eigenvalue weighted by Gasteiger charge is -2.08. The van der Waals surface area contributed by atoms with E-state index in [1.54, 1.807) is 12.2 Å². The van der Waals surface area contributed by atoms with Gasteiger partial charge in [-0.15, -0.1) is 0 Å². The maximum Gasteiger partial charge on any atom is 0.0721 e. The zero-order valence-electron chi connectivity index (χ0n) is 13.7. The van der Waals surface area contributed by atoms with E-state index in [2.05, 4.69) is 13.8 Å². The van der Waals surface area contributed by atoms with Gasteiger partial charge in [-0.05, 0) is 12.8 Å². The van der Waals surface area contributed by atoms with E-state index < -0.39 is 0 Å². The van der Waals surface area contributed by atoms with Gasteiger partial charge in [0, 0.05) is 0 Å². The molecular formula is C18H36O2. The first-order valence-electron chi connectivity index (χ1n) is 8.75. The van der Waals surface area contributed by atoms with Crippen molar-refractivity contribution in [3.63, 3.8) is 0 Å². The molecule has 0 amide bonds. The van der Waals surface area contributed by atoms with Crippen molar-refractivity contribution in [2.45, 2.75) is 103 Å². The molecule has 0 rings (SSSR count). The lowest BCUT2D eigenvalue weighted by atomic mass is 10.1. The van der Waals surface area contributed by atoms with Crippen LogP contribution in [0.4, 0.5) is 0 Å². The largest absolute Gasteiger partial charge is 0.389 e. The van der Waals surface area contributed by atoms with E-state index in [4.69, 9.17) is 0 Å². The summed E-state index contributed by atoms with van der Waals surface area (Å²) in [5, 5.41) is 19.6. The molecule has 0 aromatic heterocycles. The lowest BCUT2D eigenvalue weighted by Crippen LogP contribution is -2.06. The second-order valence-electron chi connectivity index (χ2n) is 5.93. The highest BCUT2D eigenvalue weighted by atomic mass is 16.3. The second kappa shape index (κ2) is 15.1. The van der Waals surface area contributed by atoms with Gasteiger partial charge in [-0.3, -0.25) is 0 Å². The molecule has 2 heteroatoms. The van der Waals surface area contributed by atoms with Crippen LogP contribution < -0.4 is 0 Å². The van der Waals surface area contributed by atoms with Crippen LogP contribution in [0.25, 0.3) is 0 Å². The summed E-state index contributed by atoms with van der Waals surface area (Å²) in [6.07, 6.45) is 16.7. The molecule has 0 saturated carbocycles. The van der Waals surface area contributed by atoms with Crippen LogP contribution in [0, 0.1) is 0 Å². The van der Waals surface area contributed by atoms with E-state index in [1.807, 2.05) is 0 Å². The minimum absolute atomic E-state index is 0.383. The first kappa shape index (κ1) is 19.7. The number of hydrogen-bond acceptors (Lipinski definition) is 2. The van der Waals surface area contributed by atoms with Crippen LogP contribution in [0.2, 0.25) is 0 Å². The molecule has 2 atom stereocenters. The van der Waals surface area contributed by atoms with E-state index in [9.17, 15) is 10.2 Å². The van der Waals surface area contributed by atoms with Crippen LogP contribution in [-0.2, 0) is 0 Å². The molecule has 0 fully saturated rings. The summed E-state index contributed by atoms with van der Waals surface area (Å²) in [6, 6.07) is 0. The molecule has 0 saturated heterocycles. The highest BCUT2D eigenvalue weighted by Crippen LogP contribution is 2.10. The standard InChI is InChI=1S/C18H36O2/c1-3-5-7-9-11-13-17(19)15-16-18(20)14-12-10-8-6-4-2/h15-20H,3-14H2,1-2H3/b16-15+. The van der Waals surface area contributed by atoms with Gasteiger partial charge in [0.2, 0.25) is 0 Å². The Morgan fingerprint density at radius 3 is 1.30 bits per heavy atom. The normalized spacial score (nSPS) is 14.8. The molecule has 20 heavy (non-hydrogen) atoms. The predicted octanol–water partition coefficient (Wildman–Crippen LogP) is 4.99. The van der Waals surface area contributed by atoms with Gasteiger partial charge in [-0.2, -0.15) is 0 Å². The molecular weight excluding hydrogens is 248 g/mol. The van der Waals surface area contributed by atoms with E-state index in [0.29, 0.717) is 0 Å². The lowest BCUT2D eigenvalue weighted by molar-refractivity contribution is 0.192. The Bertz CT molecular complexity index is 191. The third-order valence-corrected chi connectivity index (χ3v) is 3.76. The van der Waals surface area contributed by atoms with Crippen LogP contribution in [0.5, 0.6) is 0 Å². The maximum atomic E-state index is 9.80. The predicted molar refractivity (Wildman–Crippen MR) is 87.9 cm³/mol. The molecule has 2 N–H and O–H groups in total. The van der Waals surface area contributed by atoms with E-state index in [-0.39, 0.29) is 12.2 Å². The monoisotopic (exact) mass is 284 g/mol. The molecule has 0 aliphatic carbocycles. The second-order valence-corrected chi connectivity index (χ2v) is 5.93. The van der Waals surface area contributed by atoms with Crippen molar-refractivity contribution in [2.24, 2.45) is 0 Å². The van der Waals surface area contributed by atoms with Crippen molar-refractivity contribution in [2.75, 3.05) is 0 Å². The summed E-state index contributed by atoms with van der Waals surface area (Å²) in [4.78, 5) is 0. The quantitative estimate of drug-likeness (QED) is 0.348. The van der Waals surface area contributed by atoms with E-state index in [0.717, 1.165) is 25.7 Å². The molecule has 0 spiro atoms. The third kappa shape index (κ3) is 14.1. The highest BCUT2D eigenvalue weighted by Gasteiger charge is 2.02. The number of aliphatic hydroxyl groups excluding tert-OH is 2. The fraction of sp³-hybridized carbons (Fsp3) is 0.889. The molecule has 0 aromatic rings. The molecule has 2 unspecified atom stereocenters. The third-order valence-electron chi connectivity index (χ3n) is 3.76. The zero-order chi connectivity index (χ0) is 15.1. The Balaban J connectivity index is 3.49. The van der Waals surface area contributed by atoms with Gasteiger partial charge < -0.3 is 10.2 Å². The maximum absolute atomic E-state index is 9.80. The van der Waals surface area contributed by atoms with Gasteiger partial charge in [-0.25, -0.2) is 0 Å². The van der Waals surface area contributed by atoms with Gasteiger partial charge in [0.05, 0.1) is 12.2 Å². The number of aliphatic hydroxyl groups is 2. The number of rotatable bonds is 14. The average molecular weight is 284 g/mol. The molecule has 0 heterocycles. The van der Waals surface area contributed by atoms with Gasteiger partial charge in [0.25, 0.3) is 0 Å². The molecule has 2 nitrogen and oxygen atoms in total. The summed E-state index contributed by atoms with van der Waals surface area (Å²) in [5.74, 6) is 0. The first-order valence-corrected chi connectivity index (χ1v) is 8.75. The minimum Gasteiger partial charge on any atom is -0.389 e. The van der Waals surface area contributed by atoms with Gasteiger partial charge in [0.15, 0.2) is 0 Å². The number of hydrogen-bond donors (Lipinski definition) is 2. The van der Waals surface area contributed by atoms with Crippen LogP contribution in [-0.4, -0.2) is 22.4 Å². The Kier molecular flexibility index (Phi) is 14.8. The van der Waals surface area contributed by atoms with Crippen molar-refractivity contribution in [3.8, 4) is 0 Å². The topological polar surface area (TPSA) is 40.5 Å². The van der Waals surface area contributed by atoms with Crippen molar-refractivity contribution in [1.29, 1.82) is 0 Å². The average Bonchev–Trinajstić information content (AvgIpc) is 2.44. The van der Waals surface area contributed by atoms with Crippen LogP contribution >= 0.6 is 0 Å². The van der Waals surface area contributed by atoms with Crippen LogP contribution in [0.15, 0.2) is 12.2 Å².